The van der Waals surface area contributed by atoms with Crippen molar-refractivity contribution in [2.45, 2.75) is 0 Å². The zero-order valence-corrected chi connectivity index (χ0v) is 35.0. The second kappa shape index (κ2) is 13.6. The third-order valence-electron chi connectivity index (χ3n) is 12.9. The van der Waals surface area contributed by atoms with Gasteiger partial charge in [0.15, 0.2) is 11.6 Å². The van der Waals surface area contributed by atoms with Gasteiger partial charge in [-0.1, -0.05) is 140 Å². The summed E-state index contributed by atoms with van der Waals surface area (Å²) in [6.07, 6.45) is 0. The minimum absolute atomic E-state index is 0.560. The highest BCUT2D eigenvalue weighted by Gasteiger charge is 2.27. The molecule has 0 aliphatic rings. The van der Waals surface area contributed by atoms with Crippen molar-refractivity contribution < 1.29 is 0 Å². The van der Waals surface area contributed by atoms with Gasteiger partial charge in [0, 0.05) is 69.3 Å². The average molecular weight is 835 g/mol. The van der Waals surface area contributed by atoms with Crippen molar-refractivity contribution in [3.63, 3.8) is 0 Å². The molecular formula is C57H34N6S. The van der Waals surface area contributed by atoms with Crippen molar-refractivity contribution in [3.05, 3.63) is 206 Å². The van der Waals surface area contributed by atoms with Crippen LogP contribution in [0.2, 0.25) is 0 Å². The summed E-state index contributed by atoms with van der Waals surface area (Å²) in [6.45, 7) is 0. The Morgan fingerprint density at radius 1 is 0.328 bits per heavy atom. The van der Waals surface area contributed by atoms with Crippen LogP contribution < -0.4 is 0 Å². The molecule has 0 amide bonds. The first-order chi connectivity index (χ1) is 31.8. The summed E-state index contributed by atoms with van der Waals surface area (Å²) in [6, 6.07) is 73.7. The average Bonchev–Trinajstić information content (AvgIpc) is 4.10. The lowest BCUT2D eigenvalue weighted by atomic mass is 10.1. The van der Waals surface area contributed by atoms with Gasteiger partial charge < -0.3 is 9.13 Å². The summed E-state index contributed by atoms with van der Waals surface area (Å²) in [5.74, 6) is 1.80. The Morgan fingerprint density at radius 2 is 0.844 bits per heavy atom. The summed E-state index contributed by atoms with van der Waals surface area (Å²) in [5.41, 5.74) is 10.7. The van der Waals surface area contributed by atoms with Crippen LogP contribution in [0.25, 0.3) is 126 Å². The number of para-hydroxylation sites is 5. The van der Waals surface area contributed by atoms with E-state index in [1.165, 1.54) is 36.3 Å². The molecule has 14 rings (SSSR count). The zero-order valence-electron chi connectivity index (χ0n) is 34.2. The molecule has 0 N–H and O–H groups in total. The van der Waals surface area contributed by atoms with Gasteiger partial charge in [0.1, 0.15) is 0 Å². The molecular weight excluding hydrogens is 801 g/mol. The van der Waals surface area contributed by atoms with E-state index in [-0.39, 0.29) is 0 Å². The third-order valence-corrected chi connectivity index (χ3v) is 14.0. The molecule has 6 nitrogen and oxygen atoms in total. The van der Waals surface area contributed by atoms with Crippen LogP contribution in [-0.2, 0) is 0 Å². The lowest BCUT2D eigenvalue weighted by Gasteiger charge is -2.17. The van der Waals surface area contributed by atoms with Gasteiger partial charge in [-0.3, -0.25) is 4.57 Å². The van der Waals surface area contributed by atoms with Crippen LogP contribution in [-0.4, -0.2) is 28.7 Å². The normalized spacial score (nSPS) is 12.1. The summed E-state index contributed by atoms with van der Waals surface area (Å²) in [5, 5.41) is 9.38. The van der Waals surface area contributed by atoms with E-state index in [4.69, 9.17) is 15.0 Å². The molecule has 5 aromatic heterocycles. The van der Waals surface area contributed by atoms with Crippen LogP contribution in [0.4, 0.5) is 0 Å². The molecule has 7 heteroatoms. The Labute approximate surface area is 370 Å². The number of hydrogen-bond donors (Lipinski definition) is 0. The largest absolute Gasteiger partial charge is 0.307 e. The highest BCUT2D eigenvalue weighted by atomic mass is 32.1. The first-order valence-electron chi connectivity index (χ1n) is 21.5. The van der Waals surface area contributed by atoms with Crippen LogP contribution in [0.1, 0.15) is 0 Å². The number of aromatic nitrogens is 6. The molecule has 64 heavy (non-hydrogen) atoms. The van der Waals surface area contributed by atoms with E-state index in [0.717, 1.165) is 71.8 Å². The summed E-state index contributed by atoms with van der Waals surface area (Å²) >= 11 is 1.81. The van der Waals surface area contributed by atoms with Crippen molar-refractivity contribution in [1.29, 1.82) is 0 Å². The molecule has 0 atom stereocenters. The highest BCUT2D eigenvalue weighted by Crippen LogP contribution is 2.47. The minimum Gasteiger partial charge on any atom is -0.307 e. The third kappa shape index (κ3) is 5.04. The fourth-order valence-corrected chi connectivity index (χ4v) is 11.2. The van der Waals surface area contributed by atoms with Crippen molar-refractivity contribution in [2.75, 3.05) is 0 Å². The topological polar surface area (TPSA) is 53.5 Å². The Morgan fingerprint density at radius 3 is 1.53 bits per heavy atom. The fraction of sp³-hybridized carbons (Fsp3) is 0. The van der Waals surface area contributed by atoms with Crippen LogP contribution >= 0.6 is 11.3 Å². The van der Waals surface area contributed by atoms with Gasteiger partial charge in [-0.25, -0.2) is 4.98 Å². The van der Waals surface area contributed by atoms with Crippen LogP contribution in [0.15, 0.2) is 206 Å². The quantitative estimate of drug-likeness (QED) is 0.174. The van der Waals surface area contributed by atoms with E-state index >= 15 is 0 Å². The standard InChI is InChI=1S/C57H34N6S/c1-3-17-35(18-4-1)55-58-56(36-31-32-51-43(33-36)41-24-11-16-30-50(41)64-51)60-57(59-55)63-48-29-15-10-25-42(48)52-49(63)34-44-40-23-9-12-26-45(40)61(37-19-5-2-6-20-37)53(44)54(52)62-46-27-13-7-21-38(46)39-22-8-14-28-47(39)62/h1-34H. The van der Waals surface area contributed by atoms with Crippen molar-refractivity contribution >= 4 is 96.9 Å². The van der Waals surface area contributed by atoms with E-state index < -0.39 is 0 Å². The Bertz CT molecular complexity index is 4140. The summed E-state index contributed by atoms with van der Waals surface area (Å²) in [7, 11) is 0. The van der Waals surface area contributed by atoms with Crippen molar-refractivity contribution in [2.24, 2.45) is 0 Å². The fourth-order valence-electron chi connectivity index (χ4n) is 10.2. The number of nitrogens with zero attached hydrogens (tertiary/aromatic N) is 6. The molecule has 9 aromatic carbocycles. The molecule has 0 spiro atoms. The van der Waals surface area contributed by atoms with Gasteiger partial charge in [0.2, 0.25) is 5.95 Å². The molecule has 0 aliphatic heterocycles. The van der Waals surface area contributed by atoms with Gasteiger partial charge in [-0.15, -0.1) is 11.3 Å². The lowest BCUT2D eigenvalue weighted by Crippen LogP contribution is -2.07. The Kier molecular flexibility index (Phi) is 7.46. The van der Waals surface area contributed by atoms with E-state index in [2.05, 4.69) is 202 Å². The minimum atomic E-state index is 0.560. The molecule has 5 heterocycles. The maximum Gasteiger partial charge on any atom is 0.238 e. The van der Waals surface area contributed by atoms with E-state index in [1.807, 2.05) is 29.5 Å². The second-order valence-electron chi connectivity index (χ2n) is 16.4. The molecule has 0 unspecified atom stereocenters. The van der Waals surface area contributed by atoms with Crippen LogP contribution in [0.3, 0.4) is 0 Å². The molecule has 14 aromatic rings. The van der Waals surface area contributed by atoms with Crippen LogP contribution in [0, 0.1) is 0 Å². The van der Waals surface area contributed by atoms with Crippen molar-refractivity contribution in [1.82, 2.24) is 28.7 Å². The van der Waals surface area contributed by atoms with Gasteiger partial charge >= 0.3 is 0 Å². The molecule has 0 radical (unpaired) electrons. The first-order valence-corrected chi connectivity index (χ1v) is 22.4. The number of rotatable bonds is 5. The van der Waals surface area contributed by atoms with Crippen LogP contribution in [0.5, 0.6) is 0 Å². The first kappa shape index (κ1) is 35.2. The SMILES string of the molecule is c1ccc(-c2nc(-c3ccc4sc5ccccc5c4c3)nc(-n3c4ccccc4c4c(-n5c6ccccc6c6ccccc65)c5c(cc43)c3ccccc3n5-c3ccccc3)n2)cc1. The Balaban J connectivity index is 1.17. The number of hydrogen-bond acceptors (Lipinski definition) is 4. The predicted molar refractivity (Wildman–Crippen MR) is 267 cm³/mol. The summed E-state index contributed by atoms with van der Waals surface area (Å²) < 4.78 is 9.72. The molecule has 0 saturated heterocycles. The maximum absolute atomic E-state index is 5.46. The zero-order chi connectivity index (χ0) is 41.9. The number of thiophene rings is 1. The Hall–Kier alpha value is -8.39. The molecule has 0 bridgehead atoms. The van der Waals surface area contributed by atoms with E-state index in [9.17, 15) is 0 Å². The van der Waals surface area contributed by atoms with Gasteiger partial charge in [0.05, 0.1) is 38.8 Å². The predicted octanol–water partition coefficient (Wildman–Crippen LogP) is 14.9. The molecule has 298 valence electrons. The van der Waals surface area contributed by atoms with E-state index in [1.54, 1.807) is 0 Å². The lowest BCUT2D eigenvalue weighted by molar-refractivity contribution is 0.954. The molecule has 0 fully saturated rings. The molecule has 0 aliphatic carbocycles. The number of benzene rings is 9. The van der Waals surface area contributed by atoms with Gasteiger partial charge in [0.25, 0.3) is 0 Å². The highest BCUT2D eigenvalue weighted by molar-refractivity contribution is 7.25. The van der Waals surface area contributed by atoms with Gasteiger partial charge in [-0.05, 0) is 66.7 Å². The number of fused-ring (bicyclic) bond motifs is 12. The smallest absolute Gasteiger partial charge is 0.238 e. The maximum atomic E-state index is 5.46. The monoisotopic (exact) mass is 834 g/mol. The van der Waals surface area contributed by atoms with E-state index in [0.29, 0.717) is 17.6 Å². The summed E-state index contributed by atoms with van der Waals surface area (Å²) in [4.78, 5) is 16.1. The molecule has 0 saturated carbocycles. The second-order valence-corrected chi connectivity index (χ2v) is 17.5. The van der Waals surface area contributed by atoms with Crippen molar-refractivity contribution in [3.8, 4) is 40.1 Å². The van der Waals surface area contributed by atoms with Gasteiger partial charge in [-0.2, -0.15) is 9.97 Å².